The Hall–Kier alpha value is -3.13. The van der Waals surface area contributed by atoms with Gasteiger partial charge in [-0.25, -0.2) is 14.5 Å². The summed E-state index contributed by atoms with van der Waals surface area (Å²) in [6.07, 6.45) is -1.26. The lowest BCUT2D eigenvalue weighted by Crippen LogP contribution is -2.34. The van der Waals surface area contributed by atoms with Gasteiger partial charge in [-0.1, -0.05) is 46.3 Å². The Kier molecular flexibility index (Phi) is 6.97. The van der Waals surface area contributed by atoms with E-state index < -0.39 is 23.4 Å². The number of carbonyl (C=O) groups excluding carboxylic acids is 2. The molecule has 0 spiro atoms. The molecule has 0 unspecified atom stereocenters. The van der Waals surface area contributed by atoms with Crippen LogP contribution in [0.4, 0.5) is 21.1 Å². The number of ether oxygens (including phenoxy) is 2. The summed E-state index contributed by atoms with van der Waals surface area (Å²) in [6.45, 7) is 10.7. The summed E-state index contributed by atoms with van der Waals surface area (Å²) in [7, 11) is 0. The number of para-hydroxylation sites is 1. The lowest BCUT2D eigenvalue weighted by molar-refractivity contribution is 0.0513. The maximum Gasteiger partial charge on any atom is 0.435 e. The molecule has 0 atom stereocenters. The molecule has 0 saturated carbocycles. The van der Waals surface area contributed by atoms with Crippen LogP contribution in [0.25, 0.3) is 11.3 Å². The van der Waals surface area contributed by atoms with Crippen molar-refractivity contribution in [2.24, 2.45) is 0 Å². The van der Waals surface area contributed by atoms with E-state index in [-0.39, 0.29) is 5.82 Å². The first-order valence-electron chi connectivity index (χ1n) is 10.5. The average molecular weight is 514 g/mol. The molecule has 33 heavy (non-hydrogen) atoms. The number of rotatable bonds is 3. The summed E-state index contributed by atoms with van der Waals surface area (Å²) in [5.41, 5.74) is 0.343. The van der Waals surface area contributed by atoms with Crippen molar-refractivity contribution in [3.8, 4) is 11.3 Å². The van der Waals surface area contributed by atoms with E-state index in [0.29, 0.717) is 11.4 Å². The molecule has 0 bridgehead atoms. The van der Waals surface area contributed by atoms with Crippen LogP contribution in [-0.4, -0.2) is 33.2 Å². The van der Waals surface area contributed by atoms with Gasteiger partial charge in [0.1, 0.15) is 11.2 Å². The van der Waals surface area contributed by atoms with Gasteiger partial charge in [0.05, 0.1) is 11.4 Å². The molecule has 3 aromatic rings. The first-order chi connectivity index (χ1) is 15.3. The van der Waals surface area contributed by atoms with Crippen LogP contribution in [0.1, 0.15) is 41.5 Å². The van der Waals surface area contributed by atoms with Crippen LogP contribution in [0.3, 0.4) is 0 Å². The smallest absolute Gasteiger partial charge is 0.435 e. The fourth-order valence-electron chi connectivity index (χ4n) is 2.96. The van der Waals surface area contributed by atoms with Crippen LogP contribution in [0.2, 0.25) is 0 Å². The van der Waals surface area contributed by atoms with Crippen molar-refractivity contribution in [1.29, 1.82) is 0 Å². The summed E-state index contributed by atoms with van der Waals surface area (Å²) in [5.74, 6) is 0.235. The first kappa shape index (κ1) is 24.5. The van der Waals surface area contributed by atoms with Gasteiger partial charge in [0, 0.05) is 16.1 Å². The lowest BCUT2D eigenvalue weighted by atomic mass is 10.1. The van der Waals surface area contributed by atoms with Crippen LogP contribution >= 0.6 is 15.9 Å². The third-order valence-corrected chi connectivity index (χ3v) is 4.75. The normalized spacial score (nSPS) is 11.7. The van der Waals surface area contributed by atoms with Gasteiger partial charge in [0.2, 0.25) is 0 Å². The minimum absolute atomic E-state index is 0.235. The van der Waals surface area contributed by atoms with E-state index in [9.17, 15) is 9.59 Å². The maximum atomic E-state index is 13.2. The molecule has 7 nitrogen and oxygen atoms in total. The molecule has 0 radical (unpaired) electrons. The van der Waals surface area contributed by atoms with Crippen molar-refractivity contribution in [2.75, 3.05) is 4.90 Å². The SMILES string of the molecule is CC(C)(C)OC(=O)N(c1ccccc1)c1cc(-c2ccc(Br)cc2)n(C(=O)OC(C)(C)C)n1. The second kappa shape index (κ2) is 9.39. The number of nitrogens with zero attached hydrogens (tertiary/aromatic N) is 3. The average Bonchev–Trinajstić information content (AvgIpc) is 3.12. The summed E-state index contributed by atoms with van der Waals surface area (Å²) in [6, 6.07) is 18.1. The zero-order valence-electron chi connectivity index (χ0n) is 19.6. The van der Waals surface area contributed by atoms with Crippen LogP contribution in [-0.2, 0) is 9.47 Å². The van der Waals surface area contributed by atoms with Gasteiger partial charge < -0.3 is 9.47 Å². The van der Waals surface area contributed by atoms with Crippen molar-refractivity contribution in [3.63, 3.8) is 0 Å². The molecule has 2 aromatic carbocycles. The molecule has 0 aliphatic heterocycles. The van der Waals surface area contributed by atoms with Crippen molar-refractivity contribution in [3.05, 3.63) is 65.1 Å². The second-order valence-electron chi connectivity index (χ2n) is 9.44. The minimum Gasteiger partial charge on any atom is -0.443 e. The topological polar surface area (TPSA) is 73.7 Å². The predicted molar refractivity (Wildman–Crippen MR) is 132 cm³/mol. The van der Waals surface area contributed by atoms with Crippen molar-refractivity contribution < 1.29 is 19.1 Å². The zero-order valence-corrected chi connectivity index (χ0v) is 21.2. The molecule has 174 valence electrons. The van der Waals surface area contributed by atoms with E-state index in [0.717, 1.165) is 10.0 Å². The fourth-order valence-corrected chi connectivity index (χ4v) is 3.23. The molecule has 0 saturated heterocycles. The Labute approximate surface area is 202 Å². The van der Waals surface area contributed by atoms with E-state index in [1.165, 1.54) is 9.58 Å². The van der Waals surface area contributed by atoms with Crippen LogP contribution in [0, 0.1) is 0 Å². The van der Waals surface area contributed by atoms with E-state index in [1.54, 1.807) is 59.7 Å². The number of hydrogen-bond acceptors (Lipinski definition) is 5. The number of benzene rings is 2. The van der Waals surface area contributed by atoms with Gasteiger partial charge >= 0.3 is 12.2 Å². The predicted octanol–water partition coefficient (Wildman–Crippen LogP) is 7.17. The van der Waals surface area contributed by atoms with Gasteiger partial charge in [-0.2, -0.15) is 4.68 Å². The highest BCUT2D eigenvalue weighted by molar-refractivity contribution is 9.10. The number of halogens is 1. The highest BCUT2D eigenvalue weighted by Gasteiger charge is 2.30. The molecule has 0 aliphatic carbocycles. The Bertz CT molecular complexity index is 1130. The van der Waals surface area contributed by atoms with E-state index in [1.807, 2.05) is 42.5 Å². The van der Waals surface area contributed by atoms with E-state index in [2.05, 4.69) is 21.0 Å². The molecular formula is C25H28BrN3O4. The van der Waals surface area contributed by atoms with Gasteiger partial charge in [0.15, 0.2) is 5.82 Å². The first-order valence-corrected chi connectivity index (χ1v) is 11.3. The van der Waals surface area contributed by atoms with Gasteiger partial charge in [-0.3, -0.25) is 0 Å². The largest absolute Gasteiger partial charge is 0.443 e. The Morgan fingerprint density at radius 2 is 1.45 bits per heavy atom. The summed E-state index contributed by atoms with van der Waals surface area (Å²) in [4.78, 5) is 27.6. The monoisotopic (exact) mass is 513 g/mol. The third-order valence-electron chi connectivity index (χ3n) is 4.22. The standard InChI is InChI=1S/C25H28BrN3O4/c1-24(2,3)32-22(30)28(19-10-8-7-9-11-19)21-16-20(17-12-14-18(26)15-13-17)29(27-21)23(31)33-25(4,5)6/h7-16H,1-6H3. The molecular weight excluding hydrogens is 486 g/mol. The Balaban J connectivity index is 2.16. The molecule has 1 heterocycles. The Morgan fingerprint density at radius 3 is 2.00 bits per heavy atom. The zero-order chi connectivity index (χ0) is 24.4. The number of carbonyl (C=O) groups is 2. The molecule has 3 rings (SSSR count). The molecule has 1 aromatic heterocycles. The summed E-state index contributed by atoms with van der Waals surface area (Å²) in [5, 5.41) is 4.48. The second-order valence-corrected chi connectivity index (χ2v) is 10.4. The minimum atomic E-state index is -0.718. The maximum absolute atomic E-state index is 13.2. The van der Waals surface area contributed by atoms with Crippen LogP contribution in [0.15, 0.2) is 65.1 Å². The van der Waals surface area contributed by atoms with Gasteiger partial charge in [-0.15, -0.1) is 5.10 Å². The number of aromatic nitrogens is 2. The molecule has 0 N–H and O–H groups in total. The highest BCUT2D eigenvalue weighted by atomic mass is 79.9. The molecule has 0 aliphatic rings. The lowest BCUT2D eigenvalue weighted by Gasteiger charge is -2.26. The molecule has 8 heteroatoms. The summed E-state index contributed by atoms with van der Waals surface area (Å²) >= 11 is 3.43. The van der Waals surface area contributed by atoms with Crippen molar-refractivity contribution >= 4 is 39.6 Å². The van der Waals surface area contributed by atoms with Crippen molar-refractivity contribution in [1.82, 2.24) is 9.78 Å². The van der Waals surface area contributed by atoms with Crippen LogP contribution in [0.5, 0.6) is 0 Å². The van der Waals surface area contributed by atoms with Crippen LogP contribution < -0.4 is 4.90 Å². The fraction of sp³-hybridized carbons (Fsp3) is 0.320. The van der Waals surface area contributed by atoms with E-state index in [4.69, 9.17) is 9.47 Å². The summed E-state index contributed by atoms with van der Waals surface area (Å²) < 4.78 is 13.3. The number of anilines is 2. The van der Waals surface area contributed by atoms with Gasteiger partial charge in [-0.05, 0) is 65.8 Å². The number of hydrogen-bond donors (Lipinski definition) is 0. The highest BCUT2D eigenvalue weighted by Crippen LogP contribution is 2.32. The third kappa shape index (κ3) is 6.44. The number of amides is 1. The quantitative estimate of drug-likeness (QED) is 0.371. The molecule has 0 fully saturated rings. The van der Waals surface area contributed by atoms with Crippen molar-refractivity contribution in [2.45, 2.75) is 52.7 Å². The Morgan fingerprint density at radius 1 is 0.879 bits per heavy atom. The van der Waals surface area contributed by atoms with E-state index >= 15 is 0 Å². The molecule has 1 amide bonds. The van der Waals surface area contributed by atoms with Gasteiger partial charge in [0.25, 0.3) is 0 Å².